The third-order valence-corrected chi connectivity index (χ3v) is 2.65. The number of carbonyl (C=O) groups is 1. The quantitative estimate of drug-likeness (QED) is 0.746. The molecule has 0 radical (unpaired) electrons. The second-order valence-electron chi connectivity index (χ2n) is 3.77. The number of hydrogen-bond donors (Lipinski definition) is 0. The van der Waals surface area contributed by atoms with Crippen LogP contribution in [0.25, 0.3) is 11.3 Å². The van der Waals surface area contributed by atoms with E-state index in [1.807, 2.05) is 31.2 Å². The Morgan fingerprint density at radius 1 is 1.29 bits per heavy atom. The number of benzene rings is 1. The van der Waals surface area contributed by atoms with Gasteiger partial charge < -0.3 is 9.26 Å². The van der Waals surface area contributed by atoms with Gasteiger partial charge in [-0.15, -0.1) is 0 Å². The van der Waals surface area contributed by atoms with Gasteiger partial charge in [-0.1, -0.05) is 29.4 Å². The van der Waals surface area contributed by atoms with Gasteiger partial charge in [-0.25, -0.2) is 4.79 Å². The van der Waals surface area contributed by atoms with Gasteiger partial charge in [0, 0.05) is 5.56 Å². The summed E-state index contributed by atoms with van der Waals surface area (Å²) in [6, 6.07) is 7.69. The van der Waals surface area contributed by atoms with Gasteiger partial charge in [0.2, 0.25) is 0 Å². The van der Waals surface area contributed by atoms with Crippen LogP contribution in [-0.4, -0.2) is 18.2 Å². The number of ether oxygens (including phenoxy) is 1. The van der Waals surface area contributed by atoms with Crippen LogP contribution in [0.15, 0.2) is 28.8 Å². The highest BCUT2D eigenvalue weighted by Crippen LogP contribution is 2.28. The number of aryl methyl sites for hydroxylation is 2. The molecular weight excluding hydrogens is 218 g/mol. The Bertz CT molecular complexity index is 558. The van der Waals surface area contributed by atoms with E-state index in [0.717, 1.165) is 11.1 Å². The number of aromatic nitrogens is 1. The Morgan fingerprint density at radius 3 is 2.65 bits per heavy atom. The van der Waals surface area contributed by atoms with Gasteiger partial charge in [0.15, 0.2) is 0 Å². The van der Waals surface area contributed by atoms with E-state index in [1.54, 1.807) is 6.92 Å². The molecule has 0 amide bonds. The second kappa shape index (κ2) is 4.41. The van der Waals surface area contributed by atoms with Crippen molar-refractivity contribution in [1.29, 1.82) is 0 Å². The van der Waals surface area contributed by atoms with Crippen LogP contribution in [0.4, 0.5) is 0 Å². The molecule has 0 bridgehead atoms. The van der Waals surface area contributed by atoms with Crippen LogP contribution >= 0.6 is 0 Å². The molecule has 0 spiro atoms. The highest BCUT2D eigenvalue weighted by Gasteiger charge is 2.22. The van der Waals surface area contributed by atoms with Gasteiger partial charge in [0.05, 0.1) is 7.11 Å². The van der Waals surface area contributed by atoms with Crippen molar-refractivity contribution >= 4 is 5.97 Å². The molecule has 1 aromatic carbocycles. The van der Waals surface area contributed by atoms with Crippen LogP contribution < -0.4 is 0 Å². The highest BCUT2D eigenvalue weighted by molar-refractivity contribution is 5.97. The number of methoxy groups -OCH3 is 1. The fraction of sp³-hybridized carbons (Fsp3) is 0.231. The third kappa shape index (κ3) is 1.93. The zero-order valence-electron chi connectivity index (χ0n) is 9.98. The first-order valence-electron chi connectivity index (χ1n) is 5.25. The molecular formula is C13H13NO3. The maximum Gasteiger partial charge on any atom is 0.343 e. The molecule has 0 fully saturated rings. The van der Waals surface area contributed by atoms with Crippen molar-refractivity contribution in [3.63, 3.8) is 0 Å². The van der Waals surface area contributed by atoms with Crippen LogP contribution in [-0.2, 0) is 4.74 Å². The van der Waals surface area contributed by atoms with E-state index in [-0.39, 0.29) is 0 Å². The lowest BCUT2D eigenvalue weighted by molar-refractivity contribution is 0.0599. The summed E-state index contributed by atoms with van der Waals surface area (Å²) in [7, 11) is 1.34. The lowest BCUT2D eigenvalue weighted by Crippen LogP contribution is -2.04. The van der Waals surface area contributed by atoms with E-state index >= 15 is 0 Å². The molecule has 2 rings (SSSR count). The van der Waals surface area contributed by atoms with Gasteiger partial charge in [0.1, 0.15) is 17.0 Å². The number of hydrogen-bond acceptors (Lipinski definition) is 4. The number of nitrogens with zero attached hydrogens (tertiary/aromatic N) is 1. The molecule has 0 aliphatic heterocycles. The van der Waals surface area contributed by atoms with E-state index in [4.69, 9.17) is 9.26 Å². The zero-order chi connectivity index (χ0) is 12.4. The standard InChI is InChI=1S/C13H13NO3/c1-8-6-4-5-7-10(8)12-11(13(15)16-3)9(2)17-14-12/h4-7H,1-3H3. The van der Waals surface area contributed by atoms with Gasteiger partial charge in [0.25, 0.3) is 0 Å². The first kappa shape index (κ1) is 11.4. The van der Waals surface area contributed by atoms with Crippen molar-refractivity contribution in [2.24, 2.45) is 0 Å². The zero-order valence-corrected chi connectivity index (χ0v) is 9.98. The van der Waals surface area contributed by atoms with Crippen molar-refractivity contribution in [3.05, 3.63) is 41.2 Å². The molecule has 0 N–H and O–H groups in total. The Hall–Kier alpha value is -2.10. The topological polar surface area (TPSA) is 52.3 Å². The van der Waals surface area contributed by atoms with E-state index in [2.05, 4.69) is 5.16 Å². The van der Waals surface area contributed by atoms with Crippen molar-refractivity contribution in [3.8, 4) is 11.3 Å². The Balaban J connectivity index is 2.61. The molecule has 0 unspecified atom stereocenters. The van der Waals surface area contributed by atoms with Crippen molar-refractivity contribution in [2.75, 3.05) is 7.11 Å². The van der Waals surface area contributed by atoms with Gasteiger partial charge in [-0.3, -0.25) is 0 Å². The minimum atomic E-state index is -0.429. The van der Waals surface area contributed by atoms with Crippen LogP contribution in [0.3, 0.4) is 0 Å². The average Bonchev–Trinajstić information content (AvgIpc) is 2.71. The molecule has 4 heteroatoms. The van der Waals surface area contributed by atoms with Gasteiger partial charge >= 0.3 is 5.97 Å². The summed E-state index contributed by atoms with van der Waals surface area (Å²) < 4.78 is 9.82. The Labute approximate surface area is 99.2 Å². The molecule has 2 aromatic rings. The summed E-state index contributed by atoms with van der Waals surface area (Å²) in [6.45, 7) is 3.65. The fourth-order valence-electron chi connectivity index (χ4n) is 1.74. The Kier molecular flexibility index (Phi) is 2.95. The molecule has 0 aliphatic carbocycles. The van der Waals surface area contributed by atoms with Crippen LogP contribution in [0, 0.1) is 13.8 Å². The van der Waals surface area contributed by atoms with E-state index < -0.39 is 5.97 Å². The summed E-state index contributed by atoms with van der Waals surface area (Å²) in [5.74, 6) is 0.0390. The van der Waals surface area contributed by atoms with Crippen molar-refractivity contribution in [1.82, 2.24) is 5.16 Å². The summed E-state index contributed by atoms with van der Waals surface area (Å²) >= 11 is 0. The molecule has 0 aliphatic rings. The van der Waals surface area contributed by atoms with Crippen molar-refractivity contribution < 1.29 is 14.1 Å². The first-order chi connectivity index (χ1) is 8.15. The summed E-state index contributed by atoms with van der Waals surface area (Å²) in [5, 5.41) is 3.94. The van der Waals surface area contributed by atoms with Crippen LogP contribution in [0.2, 0.25) is 0 Å². The van der Waals surface area contributed by atoms with E-state index in [9.17, 15) is 4.79 Å². The molecule has 0 saturated carbocycles. The summed E-state index contributed by atoms with van der Waals surface area (Å²) in [6.07, 6.45) is 0. The van der Waals surface area contributed by atoms with Crippen LogP contribution in [0.5, 0.6) is 0 Å². The largest absolute Gasteiger partial charge is 0.465 e. The molecule has 1 aromatic heterocycles. The van der Waals surface area contributed by atoms with Crippen molar-refractivity contribution in [2.45, 2.75) is 13.8 Å². The number of esters is 1. The minimum Gasteiger partial charge on any atom is -0.465 e. The number of carbonyl (C=O) groups excluding carboxylic acids is 1. The van der Waals surface area contributed by atoms with Gasteiger partial charge in [-0.05, 0) is 19.4 Å². The first-order valence-corrected chi connectivity index (χ1v) is 5.25. The number of rotatable bonds is 2. The summed E-state index contributed by atoms with van der Waals surface area (Å²) in [4.78, 5) is 11.7. The molecule has 17 heavy (non-hydrogen) atoms. The molecule has 1 heterocycles. The fourth-order valence-corrected chi connectivity index (χ4v) is 1.74. The monoisotopic (exact) mass is 231 g/mol. The van der Waals surface area contributed by atoms with E-state index in [1.165, 1.54) is 7.11 Å². The van der Waals surface area contributed by atoms with E-state index in [0.29, 0.717) is 17.0 Å². The molecule has 0 saturated heterocycles. The summed E-state index contributed by atoms with van der Waals surface area (Å²) in [5.41, 5.74) is 2.84. The maximum atomic E-state index is 11.7. The minimum absolute atomic E-state index is 0.391. The Morgan fingerprint density at radius 2 is 2.00 bits per heavy atom. The lowest BCUT2D eigenvalue weighted by atomic mass is 10.0. The smallest absolute Gasteiger partial charge is 0.343 e. The molecule has 4 nitrogen and oxygen atoms in total. The highest BCUT2D eigenvalue weighted by atomic mass is 16.5. The van der Waals surface area contributed by atoms with Crippen LogP contribution in [0.1, 0.15) is 21.7 Å². The maximum absolute atomic E-state index is 11.7. The average molecular weight is 231 g/mol. The van der Waals surface area contributed by atoms with Gasteiger partial charge in [-0.2, -0.15) is 0 Å². The normalized spacial score (nSPS) is 10.3. The second-order valence-corrected chi connectivity index (χ2v) is 3.77. The third-order valence-electron chi connectivity index (χ3n) is 2.65. The predicted molar refractivity (Wildman–Crippen MR) is 62.8 cm³/mol. The predicted octanol–water partition coefficient (Wildman–Crippen LogP) is 2.75. The molecule has 88 valence electrons. The molecule has 0 atom stereocenters. The SMILES string of the molecule is COC(=O)c1c(-c2ccccc2C)noc1C. The lowest BCUT2D eigenvalue weighted by Gasteiger charge is -2.03.